The molecule has 0 aliphatic heterocycles. The van der Waals surface area contributed by atoms with Crippen molar-refractivity contribution in [2.24, 2.45) is 0 Å². The number of benzene rings is 1. The summed E-state index contributed by atoms with van der Waals surface area (Å²) in [6, 6.07) is 3.42. The number of ketones is 1. The van der Waals surface area contributed by atoms with Crippen LogP contribution in [0.1, 0.15) is 26.3 Å². The second-order valence-corrected chi connectivity index (χ2v) is 4.58. The fourth-order valence-electron chi connectivity index (χ4n) is 1.54. The molecule has 0 unspecified atom stereocenters. The van der Waals surface area contributed by atoms with Gasteiger partial charge in [0.25, 0.3) is 0 Å². The first-order chi connectivity index (χ1) is 7.93. The fraction of sp³-hybridized carbons (Fsp3) is 0.462. The predicted molar refractivity (Wildman–Crippen MR) is 68.2 cm³/mol. The van der Waals surface area contributed by atoms with Gasteiger partial charge in [0, 0.05) is 23.1 Å². The third-order valence-electron chi connectivity index (χ3n) is 2.11. The van der Waals surface area contributed by atoms with E-state index in [1.54, 1.807) is 19.2 Å². The normalized spacial score (nSPS) is 10.5. The lowest BCUT2D eigenvalue weighted by molar-refractivity contribution is -0.116. The van der Waals surface area contributed by atoms with E-state index in [1.165, 1.54) is 6.92 Å². The maximum Gasteiger partial charge on any atom is 0.165 e. The summed E-state index contributed by atoms with van der Waals surface area (Å²) >= 11 is 5.97. The highest BCUT2D eigenvalue weighted by Gasteiger charge is 2.15. The summed E-state index contributed by atoms with van der Waals surface area (Å²) in [5.41, 5.74) is 0.760. The smallest absolute Gasteiger partial charge is 0.165 e. The van der Waals surface area contributed by atoms with Crippen molar-refractivity contribution in [2.75, 3.05) is 7.11 Å². The van der Waals surface area contributed by atoms with Gasteiger partial charge in [-0.25, -0.2) is 0 Å². The summed E-state index contributed by atoms with van der Waals surface area (Å²) in [5.74, 6) is 1.22. The van der Waals surface area contributed by atoms with Gasteiger partial charge < -0.3 is 9.47 Å². The van der Waals surface area contributed by atoms with Crippen molar-refractivity contribution in [1.82, 2.24) is 0 Å². The van der Waals surface area contributed by atoms with E-state index in [0.717, 1.165) is 5.56 Å². The van der Waals surface area contributed by atoms with E-state index in [2.05, 4.69) is 0 Å². The van der Waals surface area contributed by atoms with Crippen molar-refractivity contribution in [2.45, 2.75) is 33.3 Å². The van der Waals surface area contributed by atoms with E-state index >= 15 is 0 Å². The molecule has 0 saturated carbocycles. The molecule has 17 heavy (non-hydrogen) atoms. The summed E-state index contributed by atoms with van der Waals surface area (Å²) in [5, 5.41) is 0.536. The van der Waals surface area contributed by atoms with E-state index in [9.17, 15) is 4.79 Å². The largest absolute Gasteiger partial charge is 0.493 e. The molecular formula is C13H17ClO3. The predicted octanol–water partition coefficient (Wildman–Crippen LogP) is 3.27. The van der Waals surface area contributed by atoms with Gasteiger partial charge in [-0.2, -0.15) is 0 Å². The number of hydrogen-bond acceptors (Lipinski definition) is 3. The average Bonchev–Trinajstić information content (AvgIpc) is 2.20. The number of hydrogen-bond donors (Lipinski definition) is 0. The van der Waals surface area contributed by atoms with Gasteiger partial charge in [0.2, 0.25) is 0 Å². The number of ether oxygens (including phenoxy) is 2. The van der Waals surface area contributed by atoms with Crippen LogP contribution < -0.4 is 9.47 Å². The fourth-order valence-corrected chi connectivity index (χ4v) is 1.77. The minimum absolute atomic E-state index is 0.00998. The Balaban J connectivity index is 3.22. The Morgan fingerprint density at radius 2 is 2.06 bits per heavy atom. The van der Waals surface area contributed by atoms with Gasteiger partial charge in [-0.1, -0.05) is 11.6 Å². The van der Waals surface area contributed by atoms with Crippen LogP contribution in [0.15, 0.2) is 12.1 Å². The van der Waals surface area contributed by atoms with Gasteiger partial charge in [0.05, 0.1) is 13.2 Å². The zero-order valence-electron chi connectivity index (χ0n) is 10.5. The monoisotopic (exact) mass is 256 g/mol. The molecule has 0 aliphatic carbocycles. The van der Waals surface area contributed by atoms with Gasteiger partial charge in [0.15, 0.2) is 11.5 Å². The SMILES string of the molecule is COc1cc(Cl)cc(CC(C)=O)c1OC(C)C. The first kappa shape index (κ1) is 13.8. The Kier molecular flexibility index (Phi) is 4.82. The quantitative estimate of drug-likeness (QED) is 0.811. The van der Waals surface area contributed by atoms with Gasteiger partial charge in [-0.3, -0.25) is 4.79 Å². The van der Waals surface area contributed by atoms with Crippen LogP contribution in [0.4, 0.5) is 0 Å². The molecule has 3 nitrogen and oxygen atoms in total. The maximum absolute atomic E-state index is 11.2. The number of carbonyl (C=O) groups excluding carboxylic acids is 1. The Morgan fingerprint density at radius 1 is 1.41 bits per heavy atom. The molecule has 94 valence electrons. The van der Waals surface area contributed by atoms with Crippen LogP contribution in [-0.2, 0) is 11.2 Å². The molecule has 0 heterocycles. The average molecular weight is 257 g/mol. The minimum Gasteiger partial charge on any atom is -0.493 e. The second kappa shape index (κ2) is 5.92. The van der Waals surface area contributed by atoms with E-state index in [0.29, 0.717) is 22.9 Å². The number of carbonyl (C=O) groups is 1. The van der Waals surface area contributed by atoms with E-state index in [1.807, 2.05) is 13.8 Å². The highest BCUT2D eigenvalue weighted by molar-refractivity contribution is 6.30. The molecule has 0 saturated heterocycles. The van der Waals surface area contributed by atoms with Crippen LogP contribution in [0.2, 0.25) is 5.02 Å². The topological polar surface area (TPSA) is 35.5 Å². The Labute approximate surface area is 107 Å². The molecule has 0 atom stereocenters. The first-order valence-electron chi connectivity index (χ1n) is 5.46. The van der Waals surface area contributed by atoms with Crippen molar-refractivity contribution in [3.05, 3.63) is 22.7 Å². The van der Waals surface area contributed by atoms with E-state index in [-0.39, 0.29) is 11.9 Å². The van der Waals surface area contributed by atoms with Crippen molar-refractivity contribution in [3.8, 4) is 11.5 Å². The molecule has 0 amide bonds. The molecular weight excluding hydrogens is 240 g/mol. The van der Waals surface area contributed by atoms with Crippen molar-refractivity contribution < 1.29 is 14.3 Å². The van der Waals surface area contributed by atoms with Crippen molar-refractivity contribution in [1.29, 1.82) is 0 Å². The zero-order valence-corrected chi connectivity index (χ0v) is 11.3. The molecule has 0 spiro atoms. The summed E-state index contributed by atoms with van der Waals surface area (Å²) in [4.78, 5) is 11.2. The molecule has 1 rings (SSSR count). The minimum atomic E-state index is 0.00998. The third kappa shape index (κ3) is 3.93. The molecule has 4 heteroatoms. The molecule has 0 bridgehead atoms. The van der Waals surface area contributed by atoms with Crippen LogP contribution in [0.25, 0.3) is 0 Å². The molecule has 1 aromatic rings. The van der Waals surface area contributed by atoms with Crippen LogP contribution in [0.3, 0.4) is 0 Å². The molecule has 0 aromatic heterocycles. The molecule has 1 aromatic carbocycles. The third-order valence-corrected chi connectivity index (χ3v) is 2.33. The van der Waals surface area contributed by atoms with E-state index < -0.39 is 0 Å². The number of halogens is 1. The standard InChI is InChI=1S/C13H17ClO3/c1-8(2)17-13-10(5-9(3)15)6-11(14)7-12(13)16-4/h6-8H,5H2,1-4H3. The Bertz CT molecular complexity index is 413. The number of Topliss-reactive ketones (excluding diaryl/α,β-unsaturated/α-hetero) is 1. The van der Waals surface area contributed by atoms with Crippen molar-refractivity contribution >= 4 is 17.4 Å². The lowest BCUT2D eigenvalue weighted by Crippen LogP contribution is -2.10. The van der Waals surface area contributed by atoms with Crippen molar-refractivity contribution in [3.63, 3.8) is 0 Å². The van der Waals surface area contributed by atoms with Crippen LogP contribution in [0.5, 0.6) is 11.5 Å². The summed E-state index contributed by atoms with van der Waals surface area (Å²) in [6.45, 7) is 5.38. The number of methoxy groups -OCH3 is 1. The van der Waals surface area contributed by atoms with Crippen LogP contribution in [0, 0.1) is 0 Å². The number of rotatable bonds is 5. The van der Waals surface area contributed by atoms with E-state index in [4.69, 9.17) is 21.1 Å². The van der Waals surface area contributed by atoms with Gasteiger partial charge in [0.1, 0.15) is 5.78 Å². The molecule has 0 aliphatic rings. The van der Waals surface area contributed by atoms with Gasteiger partial charge >= 0.3 is 0 Å². The highest BCUT2D eigenvalue weighted by atomic mass is 35.5. The van der Waals surface area contributed by atoms with Crippen LogP contribution >= 0.6 is 11.6 Å². The first-order valence-corrected chi connectivity index (χ1v) is 5.84. The van der Waals surface area contributed by atoms with Crippen LogP contribution in [-0.4, -0.2) is 19.0 Å². The lowest BCUT2D eigenvalue weighted by atomic mass is 10.1. The summed E-state index contributed by atoms with van der Waals surface area (Å²) in [7, 11) is 1.55. The zero-order chi connectivity index (χ0) is 13.0. The summed E-state index contributed by atoms with van der Waals surface area (Å²) in [6.07, 6.45) is 0.301. The molecule has 0 radical (unpaired) electrons. The molecule has 0 fully saturated rings. The molecule has 0 N–H and O–H groups in total. The van der Waals surface area contributed by atoms with Gasteiger partial charge in [-0.15, -0.1) is 0 Å². The maximum atomic E-state index is 11.2. The summed E-state index contributed by atoms with van der Waals surface area (Å²) < 4.78 is 10.9. The second-order valence-electron chi connectivity index (χ2n) is 4.14. The highest BCUT2D eigenvalue weighted by Crippen LogP contribution is 2.35. The van der Waals surface area contributed by atoms with Gasteiger partial charge in [-0.05, 0) is 26.8 Å². The lowest BCUT2D eigenvalue weighted by Gasteiger charge is -2.17. The Morgan fingerprint density at radius 3 is 2.53 bits per heavy atom. The Hall–Kier alpha value is -1.22.